The molecule has 1 aromatic rings. The fourth-order valence-corrected chi connectivity index (χ4v) is 4.40. The number of hydrogen-bond acceptors (Lipinski definition) is 1. The molecule has 1 saturated carbocycles. The molecule has 1 aliphatic carbocycles. The molecule has 0 spiro atoms. The van der Waals surface area contributed by atoms with Crippen LogP contribution in [0, 0.1) is 11.3 Å². The fourth-order valence-electron chi connectivity index (χ4n) is 4.40. The Morgan fingerprint density at radius 2 is 1.48 bits per heavy atom. The topological polar surface area (TPSA) is 12.0 Å². The molecule has 1 aliphatic rings. The number of benzene rings is 1. The first-order valence-corrected chi connectivity index (χ1v) is 8.75. The zero-order valence-corrected chi connectivity index (χ0v) is 14.6. The van der Waals surface area contributed by atoms with Crippen LogP contribution in [-0.2, 0) is 0 Å². The molecule has 0 bridgehead atoms. The van der Waals surface area contributed by atoms with Gasteiger partial charge in [0.15, 0.2) is 0 Å². The molecule has 0 heterocycles. The predicted octanol–water partition coefficient (Wildman–Crippen LogP) is 5.68. The smallest absolute Gasteiger partial charge is 0.0374 e. The molecule has 0 aromatic heterocycles. The van der Waals surface area contributed by atoms with E-state index >= 15 is 0 Å². The van der Waals surface area contributed by atoms with E-state index in [1.807, 2.05) is 0 Å². The highest BCUT2D eigenvalue weighted by molar-refractivity contribution is 5.28. The van der Waals surface area contributed by atoms with Crippen molar-refractivity contribution in [2.45, 2.75) is 71.8 Å². The Balaban J connectivity index is 2.27. The Labute approximate surface area is 131 Å². The molecule has 21 heavy (non-hydrogen) atoms. The molecule has 1 fully saturated rings. The summed E-state index contributed by atoms with van der Waals surface area (Å²) >= 11 is 0. The van der Waals surface area contributed by atoms with Gasteiger partial charge in [-0.15, -0.1) is 0 Å². The summed E-state index contributed by atoms with van der Waals surface area (Å²) in [5.74, 6) is 1.39. The third-order valence-corrected chi connectivity index (χ3v) is 5.25. The van der Waals surface area contributed by atoms with Gasteiger partial charge in [0.25, 0.3) is 0 Å². The highest BCUT2D eigenvalue weighted by Gasteiger charge is 2.41. The van der Waals surface area contributed by atoms with Gasteiger partial charge in [-0.05, 0) is 54.7 Å². The normalized spacial score (nSPS) is 19.4. The molecule has 1 N–H and O–H groups in total. The second kappa shape index (κ2) is 6.96. The van der Waals surface area contributed by atoms with Crippen LogP contribution in [0.2, 0.25) is 0 Å². The van der Waals surface area contributed by atoms with E-state index in [1.54, 1.807) is 0 Å². The fraction of sp³-hybridized carbons (Fsp3) is 0.700. The summed E-state index contributed by atoms with van der Waals surface area (Å²) in [7, 11) is 2.14. The van der Waals surface area contributed by atoms with E-state index in [0.29, 0.717) is 17.4 Å². The van der Waals surface area contributed by atoms with Crippen LogP contribution in [0.3, 0.4) is 0 Å². The lowest BCUT2D eigenvalue weighted by molar-refractivity contribution is 0.162. The highest BCUT2D eigenvalue weighted by atomic mass is 14.9. The number of rotatable bonds is 6. The Kier molecular flexibility index (Phi) is 5.48. The molecule has 118 valence electrons. The molecule has 0 saturated heterocycles. The van der Waals surface area contributed by atoms with Crippen molar-refractivity contribution < 1.29 is 0 Å². The SMILES string of the molecule is CNC(c1ccc(C(C)C)cc1)C1(CC(C)C)CCCC1. The van der Waals surface area contributed by atoms with Gasteiger partial charge in [0, 0.05) is 6.04 Å². The summed E-state index contributed by atoms with van der Waals surface area (Å²) in [6.07, 6.45) is 6.89. The van der Waals surface area contributed by atoms with Gasteiger partial charge in [-0.2, -0.15) is 0 Å². The number of hydrogen-bond donors (Lipinski definition) is 1. The Bertz CT molecular complexity index is 424. The maximum atomic E-state index is 3.66. The average molecular weight is 287 g/mol. The van der Waals surface area contributed by atoms with E-state index in [1.165, 1.54) is 43.2 Å². The molecular formula is C20H33N. The largest absolute Gasteiger partial charge is 0.313 e. The lowest BCUT2D eigenvalue weighted by Crippen LogP contribution is -2.35. The van der Waals surface area contributed by atoms with E-state index in [0.717, 1.165) is 5.92 Å². The van der Waals surface area contributed by atoms with E-state index in [2.05, 4.69) is 64.3 Å². The second-order valence-electron chi connectivity index (χ2n) is 7.71. The van der Waals surface area contributed by atoms with E-state index < -0.39 is 0 Å². The Morgan fingerprint density at radius 1 is 0.952 bits per heavy atom. The van der Waals surface area contributed by atoms with E-state index in [9.17, 15) is 0 Å². The maximum Gasteiger partial charge on any atom is 0.0374 e. The van der Waals surface area contributed by atoms with Crippen LogP contribution in [0.15, 0.2) is 24.3 Å². The van der Waals surface area contributed by atoms with Crippen LogP contribution in [-0.4, -0.2) is 7.05 Å². The summed E-state index contributed by atoms with van der Waals surface area (Å²) in [5.41, 5.74) is 3.38. The summed E-state index contributed by atoms with van der Waals surface area (Å²) < 4.78 is 0. The van der Waals surface area contributed by atoms with Gasteiger partial charge < -0.3 is 5.32 Å². The summed E-state index contributed by atoms with van der Waals surface area (Å²) in [5, 5.41) is 3.66. The molecule has 2 rings (SSSR count). The van der Waals surface area contributed by atoms with Crippen molar-refractivity contribution in [3.05, 3.63) is 35.4 Å². The maximum absolute atomic E-state index is 3.66. The standard InChI is InChI=1S/C20H33N/c1-15(2)14-20(12-6-7-13-20)19(21-5)18-10-8-17(9-11-18)16(3)4/h8-11,15-16,19,21H,6-7,12-14H2,1-5H3. The highest BCUT2D eigenvalue weighted by Crippen LogP contribution is 2.51. The molecular weight excluding hydrogens is 254 g/mol. The molecule has 1 heteroatoms. The van der Waals surface area contributed by atoms with E-state index in [4.69, 9.17) is 0 Å². The first-order chi connectivity index (χ1) is 9.98. The molecule has 0 radical (unpaired) electrons. The van der Waals surface area contributed by atoms with Gasteiger partial charge in [-0.3, -0.25) is 0 Å². The Morgan fingerprint density at radius 3 is 1.90 bits per heavy atom. The van der Waals surface area contributed by atoms with Crippen molar-refractivity contribution in [2.75, 3.05) is 7.05 Å². The molecule has 1 nitrogen and oxygen atoms in total. The first-order valence-electron chi connectivity index (χ1n) is 8.75. The molecule has 1 atom stereocenters. The summed E-state index contributed by atoms with van der Waals surface area (Å²) in [6, 6.07) is 9.86. The summed E-state index contributed by atoms with van der Waals surface area (Å²) in [4.78, 5) is 0. The second-order valence-corrected chi connectivity index (χ2v) is 7.71. The van der Waals surface area contributed by atoms with Crippen LogP contribution in [0.1, 0.15) is 82.9 Å². The van der Waals surface area contributed by atoms with Gasteiger partial charge in [0.2, 0.25) is 0 Å². The van der Waals surface area contributed by atoms with Crippen molar-refractivity contribution in [3.8, 4) is 0 Å². The zero-order chi connectivity index (χ0) is 15.5. The lowest BCUT2D eigenvalue weighted by atomic mass is 9.70. The Hall–Kier alpha value is -0.820. The quantitative estimate of drug-likeness (QED) is 0.710. The average Bonchev–Trinajstić information content (AvgIpc) is 2.88. The van der Waals surface area contributed by atoms with Gasteiger partial charge in [0.1, 0.15) is 0 Å². The van der Waals surface area contributed by atoms with Crippen molar-refractivity contribution in [3.63, 3.8) is 0 Å². The first kappa shape index (κ1) is 16.5. The van der Waals surface area contributed by atoms with Crippen LogP contribution in [0.5, 0.6) is 0 Å². The monoisotopic (exact) mass is 287 g/mol. The van der Waals surface area contributed by atoms with Crippen LogP contribution in [0.25, 0.3) is 0 Å². The predicted molar refractivity (Wildman–Crippen MR) is 92.7 cm³/mol. The third-order valence-electron chi connectivity index (χ3n) is 5.25. The molecule has 0 aliphatic heterocycles. The van der Waals surface area contributed by atoms with Crippen molar-refractivity contribution in [2.24, 2.45) is 11.3 Å². The van der Waals surface area contributed by atoms with Crippen LogP contribution >= 0.6 is 0 Å². The van der Waals surface area contributed by atoms with Gasteiger partial charge in [0.05, 0.1) is 0 Å². The lowest BCUT2D eigenvalue weighted by Gasteiger charge is -2.39. The van der Waals surface area contributed by atoms with Crippen molar-refractivity contribution in [1.82, 2.24) is 5.32 Å². The molecule has 1 unspecified atom stereocenters. The third kappa shape index (κ3) is 3.69. The van der Waals surface area contributed by atoms with Gasteiger partial charge in [-0.25, -0.2) is 0 Å². The minimum atomic E-state index is 0.461. The van der Waals surface area contributed by atoms with Crippen molar-refractivity contribution in [1.29, 1.82) is 0 Å². The van der Waals surface area contributed by atoms with Crippen LogP contribution in [0.4, 0.5) is 0 Å². The zero-order valence-electron chi connectivity index (χ0n) is 14.6. The number of nitrogens with one attached hydrogen (secondary N) is 1. The van der Waals surface area contributed by atoms with Crippen LogP contribution < -0.4 is 5.32 Å². The minimum Gasteiger partial charge on any atom is -0.313 e. The van der Waals surface area contributed by atoms with Crippen molar-refractivity contribution >= 4 is 0 Å². The summed E-state index contributed by atoms with van der Waals surface area (Å²) in [6.45, 7) is 9.27. The van der Waals surface area contributed by atoms with E-state index in [-0.39, 0.29) is 0 Å². The molecule has 0 amide bonds. The van der Waals surface area contributed by atoms with Gasteiger partial charge >= 0.3 is 0 Å². The van der Waals surface area contributed by atoms with Gasteiger partial charge in [-0.1, -0.05) is 64.8 Å². The minimum absolute atomic E-state index is 0.461. The molecule has 1 aromatic carbocycles.